The molecular weight excluding hydrogens is 252 g/mol. The average molecular weight is 276 g/mol. The van der Waals surface area contributed by atoms with E-state index in [0.29, 0.717) is 13.2 Å². The van der Waals surface area contributed by atoms with Gasteiger partial charge in [0.25, 0.3) is 0 Å². The number of amides is 1. The van der Waals surface area contributed by atoms with Crippen LogP contribution in [0.15, 0.2) is 24.3 Å². The molecule has 0 saturated carbocycles. The van der Waals surface area contributed by atoms with E-state index in [1.807, 2.05) is 17.0 Å². The van der Waals surface area contributed by atoms with Gasteiger partial charge in [0, 0.05) is 13.7 Å². The van der Waals surface area contributed by atoms with Crippen molar-refractivity contribution in [2.75, 3.05) is 20.3 Å². The SMILES string of the molecule is CCCC1NC(c2ccccc2C)N(CCOC)C1=O. The second-order valence-electron chi connectivity index (χ2n) is 5.29. The van der Waals surface area contributed by atoms with Gasteiger partial charge in [0.05, 0.1) is 12.6 Å². The average Bonchev–Trinajstić information content (AvgIpc) is 2.74. The lowest BCUT2D eigenvalue weighted by atomic mass is 10.1. The molecule has 1 saturated heterocycles. The van der Waals surface area contributed by atoms with E-state index in [2.05, 4.69) is 31.3 Å². The van der Waals surface area contributed by atoms with E-state index in [9.17, 15) is 4.79 Å². The van der Waals surface area contributed by atoms with E-state index in [-0.39, 0.29) is 18.1 Å². The zero-order valence-electron chi connectivity index (χ0n) is 12.6. The third-order valence-electron chi connectivity index (χ3n) is 3.85. The van der Waals surface area contributed by atoms with Crippen LogP contribution in [-0.2, 0) is 9.53 Å². The molecule has 0 spiro atoms. The van der Waals surface area contributed by atoms with Crippen molar-refractivity contribution < 1.29 is 9.53 Å². The van der Waals surface area contributed by atoms with Crippen LogP contribution in [0, 0.1) is 6.92 Å². The predicted molar refractivity (Wildman–Crippen MR) is 79.3 cm³/mol. The molecular formula is C16H24N2O2. The van der Waals surface area contributed by atoms with Gasteiger partial charge in [-0.2, -0.15) is 0 Å². The van der Waals surface area contributed by atoms with Gasteiger partial charge in [0.2, 0.25) is 5.91 Å². The van der Waals surface area contributed by atoms with Gasteiger partial charge in [-0.1, -0.05) is 37.6 Å². The number of nitrogens with zero attached hydrogens (tertiary/aromatic N) is 1. The first kappa shape index (κ1) is 15.0. The van der Waals surface area contributed by atoms with Gasteiger partial charge in [-0.25, -0.2) is 0 Å². The fraction of sp³-hybridized carbons (Fsp3) is 0.562. The van der Waals surface area contributed by atoms with Crippen LogP contribution in [0.1, 0.15) is 37.1 Å². The summed E-state index contributed by atoms with van der Waals surface area (Å²) in [6.07, 6.45) is 1.85. The molecule has 1 amide bonds. The van der Waals surface area contributed by atoms with Crippen molar-refractivity contribution in [3.63, 3.8) is 0 Å². The molecule has 1 fully saturated rings. The highest BCUT2D eigenvalue weighted by atomic mass is 16.5. The van der Waals surface area contributed by atoms with Crippen LogP contribution < -0.4 is 5.32 Å². The molecule has 4 heteroatoms. The standard InChI is InChI=1S/C16H24N2O2/c1-4-7-14-16(19)18(10-11-20-3)15(17-14)13-9-6-5-8-12(13)2/h5-6,8-9,14-15,17H,4,7,10-11H2,1-3H3. The van der Waals surface area contributed by atoms with E-state index in [1.165, 1.54) is 11.1 Å². The summed E-state index contributed by atoms with van der Waals surface area (Å²) >= 11 is 0. The van der Waals surface area contributed by atoms with E-state index >= 15 is 0 Å². The van der Waals surface area contributed by atoms with Gasteiger partial charge in [0.15, 0.2) is 0 Å². The topological polar surface area (TPSA) is 41.6 Å². The lowest BCUT2D eigenvalue weighted by molar-refractivity contribution is -0.130. The molecule has 0 aromatic heterocycles. The molecule has 2 atom stereocenters. The first-order valence-electron chi connectivity index (χ1n) is 7.30. The Labute approximate surface area is 121 Å². The Morgan fingerprint density at radius 2 is 2.10 bits per heavy atom. The fourth-order valence-corrected chi connectivity index (χ4v) is 2.75. The lowest BCUT2D eigenvalue weighted by Gasteiger charge is -2.25. The number of aryl methyl sites for hydroxylation is 1. The van der Waals surface area contributed by atoms with E-state index in [0.717, 1.165) is 12.8 Å². The van der Waals surface area contributed by atoms with Crippen molar-refractivity contribution in [2.24, 2.45) is 0 Å². The Morgan fingerprint density at radius 3 is 2.75 bits per heavy atom. The maximum atomic E-state index is 12.5. The summed E-state index contributed by atoms with van der Waals surface area (Å²) in [6, 6.07) is 8.16. The minimum Gasteiger partial charge on any atom is -0.383 e. The van der Waals surface area contributed by atoms with Crippen LogP contribution in [0.3, 0.4) is 0 Å². The summed E-state index contributed by atoms with van der Waals surface area (Å²) in [7, 11) is 1.67. The van der Waals surface area contributed by atoms with Gasteiger partial charge >= 0.3 is 0 Å². The third kappa shape index (κ3) is 3.02. The number of carbonyl (C=O) groups is 1. The number of ether oxygens (including phenoxy) is 1. The van der Waals surface area contributed by atoms with Crippen molar-refractivity contribution in [2.45, 2.75) is 38.9 Å². The lowest BCUT2D eigenvalue weighted by Crippen LogP contribution is -2.34. The van der Waals surface area contributed by atoms with E-state index in [1.54, 1.807) is 7.11 Å². The van der Waals surface area contributed by atoms with Crippen LogP contribution in [0.4, 0.5) is 0 Å². The molecule has 1 aromatic carbocycles. The van der Waals surface area contributed by atoms with Gasteiger partial charge in [0.1, 0.15) is 6.17 Å². The summed E-state index contributed by atoms with van der Waals surface area (Å²) in [5, 5.41) is 3.48. The molecule has 0 bridgehead atoms. The summed E-state index contributed by atoms with van der Waals surface area (Å²) in [5.41, 5.74) is 2.38. The fourth-order valence-electron chi connectivity index (χ4n) is 2.75. The Hall–Kier alpha value is -1.39. The zero-order chi connectivity index (χ0) is 14.5. The highest BCUT2D eigenvalue weighted by Gasteiger charge is 2.38. The Balaban J connectivity index is 2.24. The minimum absolute atomic E-state index is 0.0320. The summed E-state index contributed by atoms with van der Waals surface area (Å²) in [5.74, 6) is 0.192. The molecule has 0 radical (unpaired) electrons. The number of carbonyl (C=O) groups excluding carboxylic acids is 1. The number of hydrogen-bond donors (Lipinski definition) is 1. The zero-order valence-corrected chi connectivity index (χ0v) is 12.6. The molecule has 110 valence electrons. The summed E-state index contributed by atoms with van der Waals surface area (Å²) in [4.78, 5) is 14.4. The van der Waals surface area contributed by atoms with Crippen molar-refractivity contribution in [1.82, 2.24) is 10.2 Å². The van der Waals surface area contributed by atoms with Crippen LogP contribution in [0.2, 0.25) is 0 Å². The first-order valence-corrected chi connectivity index (χ1v) is 7.30. The Kier molecular flexibility index (Phi) is 5.15. The van der Waals surface area contributed by atoms with Crippen LogP contribution in [-0.4, -0.2) is 37.1 Å². The highest BCUT2D eigenvalue weighted by molar-refractivity contribution is 5.84. The Bertz CT molecular complexity index is 462. The first-order chi connectivity index (χ1) is 9.69. The van der Waals surface area contributed by atoms with Crippen molar-refractivity contribution in [3.05, 3.63) is 35.4 Å². The largest absolute Gasteiger partial charge is 0.383 e. The second kappa shape index (κ2) is 6.86. The molecule has 1 aliphatic rings. The molecule has 1 N–H and O–H groups in total. The summed E-state index contributed by atoms with van der Waals surface area (Å²) < 4.78 is 5.14. The molecule has 2 unspecified atom stereocenters. The molecule has 1 aliphatic heterocycles. The maximum absolute atomic E-state index is 12.5. The van der Waals surface area contributed by atoms with Gasteiger partial charge < -0.3 is 9.64 Å². The smallest absolute Gasteiger partial charge is 0.241 e. The molecule has 2 rings (SSSR count). The molecule has 1 aromatic rings. The number of rotatable bonds is 6. The van der Waals surface area contributed by atoms with E-state index < -0.39 is 0 Å². The molecule has 0 aliphatic carbocycles. The maximum Gasteiger partial charge on any atom is 0.241 e. The third-order valence-corrected chi connectivity index (χ3v) is 3.85. The quantitative estimate of drug-likeness (QED) is 0.866. The number of nitrogens with one attached hydrogen (secondary N) is 1. The number of benzene rings is 1. The number of methoxy groups -OCH3 is 1. The van der Waals surface area contributed by atoms with Gasteiger partial charge in [-0.3, -0.25) is 10.1 Å². The number of hydrogen-bond acceptors (Lipinski definition) is 3. The van der Waals surface area contributed by atoms with Gasteiger partial charge in [-0.15, -0.1) is 0 Å². The van der Waals surface area contributed by atoms with Crippen LogP contribution in [0.25, 0.3) is 0 Å². The van der Waals surface area contributed by atoms with E-state index in [4.69, 9.17) is 4.74 Å². The second-order valence-corrected chi connectivity index (χ2v) is 5.29. The van der Waals surface area contributed by atoms with Crippen LogP contribution in [0.5, 0.6) is 0 Å². The minimum atomic E-state index is -0.0681. The highest BCUT2D eigenvalue weighted by Crippen LogP contribution is 2.28. The van der Waals surface area contributed by atoms with Crippen molar-refractivity contribution in [3.8, 4) is 0 Å². The monoisotopic (exact) mass is 276 g/mol. The molecule has 20 heavy (non-hydrogen) atoms. The van der Waals surface area contributed by atoms with Crippen molar-refractivity contribution >= 4 is 5.91 Å². The molecule has 1 heterocycles. The normalized spacial score (nSPS) is 22.6. The predicted octanol–water partition coefficient (Wildman–Crippen LogP) is 2.24. The Morgan fingerprint density at radius 1 is 1.35 bits per heavy atom. The van der Waals surface area contributed by atoms with Crippen LogP contribution >= 0.6 is 0 Å². The van der Waals surface area contributed by atoms with Crippen molar-refractivity contribution in [1.29, 1.82) is 0 Å². The van der Waals surface area contributed by atoms with Gasteiger partial charge in [-0.05, 0) is 24.5 Å². The molecule has 4 nitrogen and oxygen atoms in total. The summed E-state index contributed by atoms with van der Waals surface area (Å²) in [6.45, 7) is 5.38.